The number of para-hydroxylation sites is 1. The number of fused-ring (bicyclic) bond motifs is 2. The van der Waals surface area contributed by atoms with Crippen molar-refractivity contribution in [1.82, 2.24) is 13.9 Å². The van der Waals surface area contributed by atoms with Gasteiger partial charge in [0.15, 0.2) is 5.58 Å². The number of nitrogens with one attached hydrogen (secondary N) is 1. The summed E-state index contributed by atoms with van der Waals surface area (Å²) in [6, 6.07) is 13.7. The van der Waals surface area contributed by atoms with Crippen LogP contribution in [0.5, 0.6) is 0 Å². The van der Waals surface area contributed by atoms with Crippen molar-refractivity contribution in [2.24, 2.45) is 0 Å². The largest absolute Gasteiger partial charge is 0.419 e. The van der Waals surface area contributed by atoms with Crippen LogP contribution in [0.3, 0.4) is 0 Å². The Labute approximate surface area is 189 Å². The van der Waals surface area contributed by atoms with Crippen LogP contribution >= 0.6 is 0 Å². The van der Waals surface area contributed by atoms with Gasteiger partial charge in [-0.1, -0.05) is 18.2 Å². The van der Waals surface area contributed by atoms with E-state index in [2.05, 4.69) is 10.3 Å². The number of aryl methyl sites for hydroxylation is 1. The van der Waals surface area contributed by atoms with Crippen molar-refractivity contribution in [1.29, 1.82) is 0 Å². The minimum Gasteiger partial charge on any atom is -0.408 e. The zero-order valence-electron chi connectivity index (χ0n) is 17.7. The Morgan fingerprint density at radius 1 is 1.09 bits per heavy atom. The highest BCUT2D eigenvalue weighted by atomic mass is 32.2. The molecule has 1 saturated heterocycles. The second kappa shape index (κ2) is 8.45. The van der Waals surface area contributed by atoms with E-state index in [9.17, 15) is 18.0 Å². The van der Waals surface area contributed by atoms with Gasteiger partial charge in [0.2, 0.25) is 15.9 Å². The summed E-state index contributed by atoms with van der Waals surface area (Å²) in [4.78, 5) is 29.4. The number of nitrogens with zero attached hydrogens (tertiary/aromatic N) is 3. The maximum Gasteiger partial charge on any atom is 0.419 e. The first-order valence-corrected chi connectivity index (χ1v) is 12.1. The van der Waals surface area contributed by atoms with Gasteiger partial charge >= 0.3 is 5.76 Å². The summed E-state index contributed by atoms with van der Waals surface area (Å²) in [5.74, 6) is -0.914. The van der Waals surface area contributed by atoms with Crippen LogP contribution in [0.2, 0.25) is 0 Å². The quantitative estimate of drug-likeness (QED) is 0.467. The van der Waals surface area contributed by atoms with Gasteiger partial charge in [-0.05, 0) is 37.1 Å². The lowest BCUT2D eigenvalue weighted by Crippen LogP contribution is -2.27. The number of carbonyl (C=O) groups excluding carboxylic acids is 1. The number of oxazole rings is 1. The fourth-order valence-electron chi connectivity index (χ4n) is 4.13. The molecule has 4 aromatic rings. The second-order valence-electron chi connectivity index (χ2n) is 7.94. The monoisotopic (exact) mass is 466 g/mol. The molecule has 9 nitrogen and oxygen atoms in total. The summed E-state index contributed by atoms with van der Waals surface area (Å²) in [5.41, 5.74) is 1.91. The number of aromatic nitrogens is 2. The molecule has 0 spiro atoms. The van der Waals surface area contributed by atoms with Crippen molar-refractivity contribution >= 4 is 43.6 Å². The Morgan fingerprint density at radius 3 is 2.70 bits per heavy atom. The van der Waals surface area contributed by atoms with Crippen LogP contribution in [0.1, 0.15) is 19.3 Å². The first-order valence-electron chi connectivity index (χ1n) is 10.7. The van der Waals surface area contributed by atoms with Crippen LogP contribution in [0.25, 0.3) is 22.0 Å². The average molecular weight is 467 g/mol. The molecule has 2 aromatic heterocycles. The van der Waals surface area contributed by atoms with Gasteiger partial charge in [0.25, 0.3) is 0 Å². The number of carbonyl (C=O) groups is 1. The van der Waals surface area contributed by atoms with E-state index in [1.54, 1.807) is 18.3 Å². The van der Waals surface area contributed by atoms with Gasteiger partial charge in [-0.15, -0.1) is 0 Å². The number of anilines is 1. The van der Waals surface area contributed by atoms with Crippen molar-refractivity contribution in [2.45, 2.75) is 30.7 Å². The summed E-state index contributed by atoms with van der Waals surface area (Å²) in [7, 11) is -3.62. The first kappa shape index (κ1) is 21.4. The molecule has 5 rings (SSSR count). The Kier molecular flexibility index (Phi) is 5.47. The van der Waals surface area contributed by atoms with E-state index in [4.69, 9.17) is 4.42 Å². The molecule has 0 radical (unpaired) electrons. The molecular weight excluding hydrogens is 444 g/mol. The molecule has 0 unspecified atom stereocenters. The third kappa shape index (κ3) is 4.03. The number of amides is 1. The predicted molar refractivity (Wildman–Crippen MR) is 123 cm³/mol. The van der Waals surface area contributed by atoms with Gasteiger partial charge in [0.1, 0.15) is 0 Å². The Balaban J connectivity index is 1.34. The summed E-state index contributed by atoms with van der Waals surface area (Å²) < 4.78 is 33.7. The van der Waals surface area contributed by atoms with E-state index >= 15 is 0 Å². The third-order valence-corrected chi connectivity index (χ3v) is 7.71. The van der Waals surface area contributed by atoms with Crippen LogP contribution < -0.4 is 11.1 Å². The Bertz CT molecular complexity index is 1510. The fourth-order valence-corrected chi connectivity index (χ4v) is 5.66. The molecule has 1 N–H and O–H groups in total. The number of rotatable bonds is 6. The minimum atomic E-state index is -3.62. The smallest absolute Gasteiger partial charge is 0.408 e. The normalized spacial score (nSPS) is 14.8. The SMILES string of the molecule is O=C(CCn1c(=O)oc2cc(S(=O)(=O)N3CCCC3)ccc21)Nc1cccc2cccnc12. The summed E-state index contributed by atoms with van der Waals surface area (Å²) in [5, 5.41) is 3.75. The van der Waals surface area contributed by atoms with E-state index in [0.717, 1.165) is 18.2 Å². The highest BCUT2D eigenvalue weighted by Crippen LogP contribution is 2.25. The third-order valence-electron chi connectivity index (χ3n) is 5.81. The number of benzene rings is 2. The molecule has 33 heavy (non-hydrogen) atoms. The van der Waals surface area contributed by atoms with Crippen molar-refractivity contribution in [3.63, 3.8) is 0 Å². The highest BCUT2D eigenvalue weighted by Gasteiger charge is 2.28. The number of sulfonamides is 1. The van der Waals surface area contributed by atoms with Crippen molar-refractivity contribution in [3.8, 4) is 0 Å². The minimum absolute atomic E-state index is 0.0333. The van der Waals surface area contributed by atoms with Gasteiger partial charge in [-0.25, -0.2) is 13.2 Å². The molecule has 3 heterocycles. The Morgan fingerprint density at radius 2 is 1.88 bits per heavy atom. The van der Waals surface area contributed by atoms with E-state index in [1.807, 2.05) is 24.3 Å². The van der Waals surface area contributed by atoms with Crippen LogP contribution in [0.4, 0.5) is 5.69 Å². The molecule has 10 heteroatoms. The molecular formula is C23H22N4O5S. The Hall–Kier alpha value is -3.50. The van der Waals surface area contributed by atoms with Crippen molar-refractivity contribution < 1.29 is 17.6 Å². The summed E-state index contributed by atoms with van der Waals surface area (Å²) >= 11 is 0. The zero-order valence-corrected chi connectivity index (χ0v) is 18.5. The molecule has 1 aliphatic heterocycles. The maximum absolute atomic E-state index is 12.8. The number of pyridine rings is 1. The molecule has 1 amide bonds. The van der Waals surface area contributed by atoms with Crippen LogP contribution in [0.15, 0.2) is 68.8 Å². The van der Waals surface area contributed by atoms with Gasteiger partial charge in [-0.3, -0.25) is 14.3 Å². The van der Waals surface area contributed by atoms with Crippen LogP contribution in [-0.4, -0.2) is 41.3 Å². The van der Waals surface area contributed by atoms with E-state index in [0.29, 0.717) is 29.8 Å². The molecule has 1 fully saturated rings. The number of hydrogen-bond donors (Lipinski definition) is 1. The molecule has 2 aromatic carbocycles. The van der Waals surface area contributed by atoms with Crippen LogP contribution in [0, 0.1) is 0 Å². The molecule has 0 bridgehead atoms. The van der Waals surface area contributed by atoms with E-state index < -0.39 is 15.8 Å². The number of hydrogen-bond acceptors (Lipinski definition) is 6. The van der Waals surface area contributed by atoms with Crippen molar-refractivity contribution in [3.05, 3.63) is 65.3 Å². The highest BCUT2D eigenvalue weighted by molar-refractivity contribution is 7.89. The molecule has 170 valence electrons. The lowest BCUT2D eigenvalue weighted by Gasteiger charge is -2.15. The molecule has 0 atom stereocenters. The van der Waals surface area contributed by atoms with Gasteiger partial charge in [0, 0.05) is 43.7 Å². The first-order chi connectivity index (χ1) is 15.9. The van der Waals surface area contributed by atoms with Gasteiger partial charge < -0.3 is 9.73 Å². The molecule has 0 saturated carbocycles. The van der Waals surface area contributed by atoms with E-state index in [1.165, 1.54) is 21.0 Å². The van der Waals surface area contributed by atoms with E-state index in [-0.39, 0.29) is 29.4 Å². The lowest BCUT2D eigenvalue weighted by molar-refractivity contribution is -0.116. The maximum atomic E-state index is 12.8. The lowest BCUT2D eigenvalue weighted by atomic mass is 10.2. The fraction of sp³-hybridized carbons (Fsp3) is 0.261. The topological polar surface area (TPSA) is 115 Å². The van der Waals surface area contributed by atoms with Crippen LogP contribution in [-0.2, 0) is 21.4 Å². The standard InChI is InChI=1S/C23H22N4O5S/c28-21(25-18-7-3-5-16-6-4-11-24-22(16)18)10-14-27-19-9-8-17(15-20(19)32-23(27)29)33(30,31)26-12-1-2-13-26/h3-9,11,15H,1-2,10,12-14H2,(H,25,28). The summed E-state index contributed by atoms with van der Waals surface area (Å²) in [6.07, 6.45) is 3.37. The second-order valence-corrected chi connectivity index (χ2v) is 9.88. The average Bonchev–Trinajstić information content (AvgIpc) is 3.46. The molecule has 0 aliphatic carbocycles. The summed E-state index contributed by atoms with van der Waals surface area (Å²) in [6.45, 7) is 1.08. The molecule has 1 aliphatic rings. The predicted octanol–water partition coefficient (Wildman–Crippen LogP) is 2.96. The van der Waals surface area contributed by atoms with Crippen molar-refractivity contribution in [2.75, 3.05) is 18.4 Å². The zero-order chi connectivity index (χ0) is 23.0. The van der Waals surface area contributed by atoms with Gasteiger partial charge in [0.05, 0.1) is 21.6 Å². The van der Waals surface area contributed by atoms with Gasteiger partial charge in [-0.2, -0.15) is 4.31 Å².